The van der Waals surface area contributed by atoms with Crippen LogP contribution in [0.1, 0.15) is 59.8 Å². The third-order valence-electron chi connectivity index (χ3n) is 3.54. The predicted molar refractivity (Wildman–Crippen MR) is 83.6 cm³/mol. The van der Waals surface area contributed by atoms with Gasteiger partial charge in [0.2, 0.25) is 0 Å². The van der Waals surface area contributed by atoms with Gasteiger partial charge in [-0.15, -0.1) is 0 Å². The van der Waals surface area contributed by atoms with Crippen LogP contribution >= 0.6 is 0 Å². The highest BCUT2D eigenvalue weighted by Gasteiger charge is 2.11. The summed E-state index contributed by atoms with van der Waals surface area (Å²) in [6, 6.07) is 0. The maximum Gasteiger partial charge on any atom is 0.305 e. The first-order valence-corrected chi connectivity index (χ1v) is 7.53. The molecular weight excluding hydrogens is 252 g/mol. The monoisotopic (exact) mass is 282 g/mol. The largest absolute Gasteiger partial charge is 0.481 e. The van der Waals surface area contributed by atoms with Gasteiger partial charge in [-0.05, 0) is 51.4 Å². The van der Waals surface area contributed by atoms with Gasteiger partial charge in [-0.2, -0.15) is 0 Å². The van der Waals surface area contributed by atoms with E-state index in [1.165, 1.54) is 5.57 Å². The van der Waals surface area contributed by atoms with Crippen molar-refractivity contribution in [3.8, 4) is 0 Å². The molecule has 0 aromatic heterocycles. The molecule has 0 heterocycles. The van der Waals surface area contributed by atoms with E-state index in [4.69, 9.17) is 5.11 Å². The first-order valence-electron chi connectivity index (χ1n) is 7.53. The second kappa shape index (κ2) is 10.7. The van der Waals surface area contributed by atoms with E-state index < -0.39 is 12.1 Å². The van der Waals surface area contributed by atoms with Crippen molar-refractivity contribution in [2.45, 2.75) is 65.9 Å². The molecule has 0 aromatic rings. The van der Waals surface area contributed by atoms with E-state index in [1.807, 2.05) is 0 Å². The zero-order valence-corrected chi connectivity index (χ0v) is 13.3. The minimum Gasteiger partial charge on any atom is -0.481 e. The van der Waals surface area contributed by atoms with Crippen molar-refractivity contribution in [3.05, 3.63) is 23.8 Å². The molecule has 3 atom stereocenters. The molecule has 0 amide bonds. The van der Waals surface area contributed by atoms with Crippen molar-refractivity contribution < 1.29 is 15.0 Å². The Morgan fingerprint density at radius 2 is 1.85 bits per heavy atom. The molecule has 3 unspecified atom stereocenters. The lowest BCUT2D eigenvalue weighted by Crippen LogP contribution is -2.13. The Morgan fingerprint density at radius 1 is 1.20 bits per heavy atom. The molecule has 0 fully saturated rings. The number of carboxylic acid groups (broad SMARTS) is 1. The molecule has 0 saturated carbocycles. The lowest BCUT2D eigenvalue weighted by molar-refractivity contribution is -0.139. The molecule has 3 heteroatoms. The zero-order chi connectivity index (χ0) is 15.5. The maximum absolute atomic E-state index is 10.4. The summed E-state index contributed by atoms with van der Waals surface area (Å²) < 4.78 is 0. The number of hydrogen-bond donors (Lipinski definition) is 2. The molecule has 3 nitrogen and oxygen atoms in total. The highest BCUT2D eigenvalue weighted by Crippen LogP contribution is 2.16. The molecule has 0 bridgehead atoms. The molecule has 0 aliphatic carbocycles. The topological polar surface area (TPSA) is 57.5 Å². The molecule has 0 rings (SSSR count). The maximum atomic E-state index is 10.4. The molecule has 0 aromatic carbocycles. The van der Waals surface area contributed by atoms with Gasteiger partial charge in [0.05, 0.1) is 12.5 Å². The van der Waals surface area contributed by atoms with Gasteiger partial charge in [0.1, 0.15) is 0 Å². The highest BCUT2D eigenvalue weighted by atomic mass is 16.4. The van der Waals surface area contributed by atoms with Gasteiger partial charge in [-0.1, -0.05) is 37.6 Å². The van der Waals surface area contributed by atoms with Crippen LogP contribution in [0.25, 0.3) is 0 Å². The SMILES string of the molecule is C/C=C(\C)CC(C)/C=C/CC(C)CCC(O)CC(=O)O. The summed E-state index contributed by atoms with van der Waals surface area (Å²) in [5.41, 5.74) is 1.41. The van der Waals surface area contributed by atoms with Gasteiger partial charge in [0, 0.05) is 0 Å². The third-order valence-corrected chi connectivity index (χ3v) is 3.54. The van der Waals surface area contributed by atoms with Gasteiger partial charge in [-0.25, -0.2) is 0 Å². The molecule has 0 spiro atoms. The van der Waals surface area contributed by atoms with Crippen LogP contribution in [-0.2, 0) is 4.79 Å². The Bertz CT molecular complexity index is 331. The van der Waals surface area contributed by atoms with Crippen molar-refractivity contribution >= 4 is 5.97 Å². The van der Waals surface area contributed by atoms with Crippen LogP contribution in [0, 0.1) is 11.8 Å². The Morgan fingerprint density at radius 3 is 2.40 bits per heavy atom. The second-order valence-electron chi connectivity index (χ2n) is 5.91. The van der Waals surface area contributed by atoms with Crippen LogP contribution in [0.15, 0.2) is 23.8 Å². The van der Waals surface area contributed by atoms with E-state index in [-0.39, 0.29) is 6.42 Å². The number of rotatable bonds is 10. The number of carboxylic acids is 1. The summed E-state index contributed by atoms with van der Waals surface area (Å²) in [5.74, 6) is 0.0962. The molecule has 0 saturated heterocycles. The lowest BCUT2D eigenvalue weighted by atomic mass is 9.96. The Hall–Kier alpha value is -1.09. The van der Waals surface area contributed by atoms with E-state index in [2.05, 4.69) is 45.9 Å². The summed E-state index contributed by atoms with van der Waals surface area (Å²) in [7, 11) is 0. The van der Waals surface area contributed by atoms with Crippen molar-refractivity contribution in [1.29, 1.82) is 0 Å². The number of aliphatic hydroxyl groups excluding tert-OH is 1. The Labute approximate surface area is 123 Å². The van der Waals surface area contributed by atoms with Gasteiger partial charge in [-0.3, -0.25) is 4.79 Å². The average Bonchev–Trinajstić information content (AvgIpc) is 2.35. The minimum absolute atomic E-state index is 0.151. The van der Waals surface area contributed by atoms with E-state index in [9.17, 15) is 9.90 Å². The van der Waals surface area contributed by atoms with Crippen molar-refractivity contribution in [1.82, 2.24) is 0 Å². The fraction of sp³-hybridized carbons (Fsp3) is 0.706. The van der Waals surface area contributed by atoms with Crippen LogP contribution in [0.5, 0.6) is 0 Å². The molecule has 0 radical (unpaired) electrons. The van der Waals surface area contributed by atoms with E-state index in [1.54, 1.807) is 0 Å². The molecule has 0 aliphatic heterocycles. The smallest absolute Gasteiger partial charge is 0.305 e. The number of aliphatic hydroxyl groups is 1. The number of aliphatic carboxylic acids is 1. The van der Waals surface area contributed by atoms with Gasteiger partial charge in [0.25, 0.3) is 0 Å². The van der Waals surface area contributed by atoms with E-state index in [0.717, 1.165) is 19.3 Å². The molecule has 20 heavy (non-hydrogen) atoms. The quantitative estimate of drug-likeness (QED) is 0.591. The standard InChI is InChI=1S/C17H30O3/c1-5-13(2)11-15(4)8-6-7-14(3)9-10-16(18)12-17(19)20/h5-6,8,14-16,18H,7,9-12H2,1-4H3,(H,19,20)/b8-6+,13-5+. The highest BCUT2D eigenvalue weighted by molar-refractivity contribution is 5.67. The summed E-state index contributed by atoms with van der Waals surface area (Å²) in [6.45, 7) is 8.57. The molecule has 2 N–H and O–H groups in total. The van der Waals surface area contributed by atoms with E-state index >= 15 is 0 Å². The van der Waals surface area contributed by atoms with Crippen LogP contribution in [-0.4, -0.2) is 22.3 Å². The number of allylic oxidation sites excluding steroid dienone is 4. The Balaban J connectivity index is 3.86. The van der Waals surface area contributed by atoms with Crippen molar-refractivity contribution in [2.24, 2.45) is 11.8 Å². The van der Waals surface area contributed by atoms with Crippen LogP contribution in [0.2, 0.25) is 0 Å². The van der Waals surface area contributed by atoms with Gasteiger partial charge in [0.15, 0.2) is 0 Å². The van der Waals surface area contributed by atoms with Gasteiger partial charge < -0.3 is 10.2 Å². The first kappa shape index (κ1) is 18.9. The summed E-state index contributed by atoms with van der Waals surface area (Å²) in [4.78, 5) is 10.4. The summed E-state index contributed by atoms with van der Waals surface area (Å²) >= 11 is 0. The van der Waals surface area contributed by atoms with Crippen LogP contribution in [0.4, 0.5) is 0 Å². The van der Waals surface area contributed by atoms with Crippen molar-refractivity contribution in [3.63, 3.8) is 0 Å². The van der Waals surface area contributed by atoms with Crippen molar-refractivity contribution in [2.75, 3.05) is 0 Å². The summed E-state index contributed by atoms with van der Waals surface area (Å²) in [5, 5.41) is 18.1. The van der Waals surface area contributed by atoms with E-state index in [0.29, 0.717) is 18.3 Å². The third kappa shape index (κ3) is 10.8. The van der Waals surface area contributed by atoms with Crippen LogP contribution in [0.3, 0.4) is 0 Å². The lowest BCUT2D eigenvalue weighted by Gasteiger charge is -2.12. The number of carbonyl (C=O) groups is 1. The summed E-state index contributed by atoms with van der Waals surface area (Å²) in [6.07, 6.45) is 9.25. The first-order chi connectivity index (χ1) is 9.35. The molecule has 116 valence electrons. The Kier molecular flexibility index (Phi) is 10.1. The minimum atomic E-state index is -0.932. The fourth-order valence-corrected chi connectivity index (χ4v) is 2.14. The second-order valence-corrected chi connectivity index (χ2v) is 5.91. The predicted octanol–water partition coefficient (Wildman–Crippen LogP) is 4.18. The molecular formula is C17H30O3. The number of hydrogen-bond acceptors (Lipinski definition) is 2. The fourth-order valence-electron chi connectivity index (χ4n) is 2.14. The normalized spacial score (nSPS) is 17.1. The molecule has 0 aliphatic rings. The van der Waals surface area contributed by atoms with Gasteiger partial charge >= 0.3 is 5.97 Å². The zero-order valence-electron chi connectivity index (χ0n) is 13.3. The average molecular weight is 282 g/mol. The van der Waals surface area contributed by atoms with Crippen LogP contribution < -0.4 is 0 Å².